The van der Waals surface area contributed by atoms with Crippen molar-refractivity contribution < 1.29 is 23.6 Å². The van der Waals surface area contributed by atoms with Gasteiger partial charge in [-0.25, -0.2) is 5.43 Å². The number of nitrogens with one attached hydrogen (secondary N) is 1. The normalized spacial score (nSPS) is 14.9. The standard InChI is InChI=1S/C18H20N4O6/c1-26-16-4-2-13(22(24)25)10-15(16)17-5-3-14(28-17)11-19-20-18(23)12-21-6-8-27-9-7-21/h2-5,10-11H,6-9,12H2,1H3,(H,20,23)/b19-11-. The fourth-order valence-corrected chi connectivity index (χ4v) is 2.73. The van der Waals surface area contributed by atoms with Gasteiger partial charge in [0.1, 0.15) is 17.3 Å². The molecular formula is C18H20N4O6. The van der Waals surface area contributed by atoms with Gasteiger partial charge >= 0.3 is 0 Å². The summed E-state index contributed by atoms with van der Waals surface area (Å²) in [4.78, 5) is 24.4. The highest BCUT2D eigenvalue weighted by Crippen LogP contribution is 2.34. The minimum absolute atomic E-state index is 0.0715. The number of nitro groups is 1. The second-order valence-corrected chi connectivity index (χ2v) is 6.03. The summed E-state index contributed by atoms with van der Waals surface area (Å²) in [5.41, 5.74) is 2.83. The van der Waals surface area contributed by atoms with Crippen LogP contribution in [0.15, 0.2) is 39.9 Å². The van der Waals surface area contributed by atoms with E-state index in [1.807, 2.05) is 4.90 Å². The molecule has 2 aromatic rings. The number of methoxy groups -OCH3 is 1. The van der Waals surface area contributed by atoms with Crippen molar-refractivity contribution in [1.29, 1.82) is 0 Å². The maximum absolute atomic E-state index is 11.9. The largest absolute Gasteiger partial charge is 0.496 e. The molecule has 1 saturated heterocycles. The van der Waals surface area contributed by atoms with E-state index in [2.05, 4.69) is 10.5 Å². The van der Waals surface area contributed by atoms with Crippen LogP contribution in [0.5, 0.6) is 5.75 Å². The van der Waals surface area contributed by atoms with E-state index in [4.69, 9.17) is 13.9 Å². The molecule has 0 spiro atoms. The molecule has 0 saturated carbocycles. The fraction of sp³-hybridized carbons (Fsp3) is 0.333. The maximum atomic E-state index is 11.9. The number of rotatable bonds is 7. The first-order valence-electron chi connectivity index (χ1n) is 8.61. The van der Waals surface area contributed by atoms with Gasteiger partial charge in [0.2, 0.25) is 0 Å². The second-order valence-electron chi connectivity index (χ2n) is 6.03. The highest BCUT2D eigenvalue weighted by molar-refractivity contribution is 5.82. The molecule has 0 bridgehead atoms. The first-order valence-corrected chi connectivity index (χ1v) is 8.61. The van der Waals surface area contributed by atoms with Crippen LogP contribution in [0, 0.1) is 10.1 Å². The summed E-state index contributed by atoms with van der Waals surface area (Å²) in [5, 5.41) is 14.9. The van der Waals surface area contributed by atoms with Crippen LogP contribution in [0.2, 0.25) is 0 Å². The minimum atomic E-state index is -0.488. The van der Waals surface area contributed by atoms with Gasteiger partial charge in [0.05, 0.1) is 43.6 Å². The second kappa shape index (κ2) is 9.11. The lowest BCUT2D eigenvalue weighted by Gasteiger charge is -2.25. The number of ether oxygens (including phenoxy) is 2. The Morgan fingerprint density at radius 1 is 1.36 bits per heavy atom. The van der Waals surface area contributed by atoms with Crippen molar-refractivity contribution in [3.05, 3.63) is 46.2 Å². The molecule has 0 unspecified atom stereocenters. The first-order chi connectivity index (χ1) is 13.6. The highest BCUT2D eigenvalue weighted by Gasteiger charge is 2.16. The van der Waals surface area contributed by atoms with E-state index in [-0.39, 0.29) is 18.1 Å². The van der Waals surface area contributed by atoms with Gasteiger partial charge in [-0.2, -0.15) is 5.10 Å². The predicted octanol–water partition coefficient (Wildman–Crippen LogP) is 1.65. The molecule has 1 fully saturated rings. The Labute approximate surface area is 160 Å². The van der Waals surface area contributed by atoms with Gasteiger partial charge in [-0.15, -0.1) is 0 Å². The smallest absolute Gasteiger partial charge is 0.270 e. The Morgan fingerprint density at radius 2 is 2.14 bits per heavy atom. The van der Waals surface area contributed by atoms with E-state index in [1.165, 1.54) is 31.5 Å². The zero-order chi connectivity index (χ0) is 19.9. The number of furan rings is 1. The van der Waals surface area contributed by atoms with Gasteiger partial charge in [0.25, 0.3) is 11.6 Å². The summed E-state index contributed by atoms with van der Waals surface area (Å²) in [7, 11) is 1.47. The van der Waals surface area contributed by atoms with Crippen LogP contribution in [-0.2, 0) is 9.53 Å². The Morgan fingerprint density at radius 3 is 2.86 bits per heavy atom. The van der Waals surface area contributed by atoms with Crippen LogP contribution in [0.4, 0.5) is 5.69 Å². The predicted molar refractivity (Wildman–Crippen MR) is 100 cm³/mol. The minimum Gasteiger partial charge on any atom is -0.496 e. The number of hydrogen-bond acceptors (Lipinski definition) is 8. The molecule has 1 amide bonds. The average molecular weight is 388 g/mol. The molecule has 3 rings (SSSR count). The third-order valence-corrected chi connectivity index (χ3v) is 4.14. The zero-order valence-electron chi connectivity index (χ0n) is 15.3. The Hall–Kier alpha value is -3.24. The third kappa shape index (κ3) is 4.93. The van der Waals surface area contributed by atoms with E-state index in [0.717, 1.165) is 0 Å². The summed E-state index contributed by atoms with van der Waals surface area (Å²) >= 11 is 0. The average Bonchev–Trinajstić information content (AvgIpc) is 3.17. The van der Waals surface area contributed by atoms with Gasteiger partial charge in [-0.3, -0.25) is 19.8 Å². The first kappa shape index (κ1) is 19.5. The molecule has 1 aliphatic heterocycles. The van der Waals surface area contributed by atoms with E-state index in [9.17, 15) is 14.9 Å². The molecule has 1 N–H and O–H groups in total. The van der Waals surface area contributed by atoms with Crippen LogP contribution in [-0.4, -0.2) is 61.9 Å². The SMILES string of the molecule is COc1ccc([N+](=O)[O-])cc1-c1ccc(/C=N\NC(=O)CN2CCOCC2)o1. The lowest BCUT2D eigenvalue weighted by molar-refractivity contribution is -0.384. The summed E-state index contributed by atoms with van der Waals surface area (Å²) in [6.45, 7) is 2.90. The maximum Gasteiger partial charge on any atom is 0.270 e. The molecule has 1 aromatic heterocycles. The quantitative estimate of drug-likeness (QED) is 0.435. The van der Waals surface area contributed by atoms with E-state index in [1.54, 1.807) is 12.1 Å². The number of amides is 1. The Bertz CT molecular complexity index is 873. The van der Waals surface area contributed by atoms with Crippen LogP contribution < -0.4 is 10.2 Å². The van der Waals surface area contributed by atoms with Crippen LogP contribution in [0.25, 0.3) is 11.3 Å². The van der Waals surface area contributed by atoms with Gasteiger partial charge in [-0.1, -0.05) is 0 Å². The van der Waals surface area contributed by atoms with Crippen molar-refractivity contribution in [3.8, 4) is 17.1 Å². The number of nitrogens with zero attached hydrogens (tertiary/aromatic N) is 3. The molecule has 0 atom stereocenters. The lowest BCUT2D eigenvalue weighted by atomic mass is 10.1. The molecule has 1 aromatic carbocycles. The number of morpholine rings is 1. The molecule has 0 radical (unpaired) electrons. The number of benzene rings is 1. The number of carbonyl (C=O) groups excluding carboxylic acids is 1. The van der Waals surface area contributed by atoms with E-state index >= 15 is 0 Å². The molecule has 28 heavy (non-hydrogen) atoms. The van der Waals surface area contributed by atoms with Gasteiger partial charge in [0, 0.05) is 25.2 Å². The summed E-state index contributed by atoms with van der Waals surface area (Å²) in [6.07, 6.45) is 1.37. The number of nitro benzene ring substituents is 1. The number of hydrazone groups is 1. The van der Waals surface area contributed by atoms with Gasteiger partial charge < -0.3 is 13.9 Å². The monoisotopic (exact) mass is 388 g/mol. The molecule has 2 heterocycles. The van der Waals surface area contributed by atoms with Gasteiger partial charge in [-0.05, 0) is 18.2 Å². The Balaban J connectivity index is 1.64. The van der Waals surface area contributed by atoms with E-state index in [0.29, 0.717) is 49.1 Å². The highest BCUT2D eigenvalue weighted by atomic mass is 16.6. The lowest BCUT2D eigenvalue weighted by Crippen LogP contribution is -2.42. The molecule has 1 aliphatic rings. The van der Waals surface area contributed by atoms with Crippen LogP contribution in [0.1, 0.15) is 5.76 Å². The fourth-order valence-electron chi connectivity index (χ4n) is 2.73. The topological polar surface area (TPSA) is 119 Å². The zero-order valence-corrected chi connectivity index (χ0v) is 15.3. The molecular weight excluding hydrogens is 368 g/mol. The third-order valence-electron chi connectivity index (χ3n) is 4.14. The van der Waals surface area contributed by atoms with Crippen molar-refractivity contribution in [2.45, 2.75) is 0 Å². The number of non-ortho nitro benzene ring substituents is 1. The van der Waals surface area contributed by atoms with Crippen LogP contribution >= 0.6 is 0 Å². The Kier molecular flexibility index (Phi) is 6.35. The summed E-state index contributed by atoms with van der Waals surface area (Å²) in [6, 6.07) is 7.54. The molecule has 10 heteroatoms. The van der Waals surface area contributed by atoms with Crippen molar-refractivity contribution in [1.82, 2.24) is 10.3 Å². The number of hydrogen-bond donors (Lipinski definition) is 1. The summed E-state index contributed by atoms with van der Waals surface area (Å²) < 4.78 is 16.1. The molecule has 148 valence electrons. The van der Waals surface area contributed by atoms with Crippen molar-refractivity contribution in [3.63, 3.8) is 0 Å². The summed E-state index contributed by atoms with van der Waals surface area (Å²) in [5.74, 6) is 0.990. The molecule has 0 aliphatic carbocycles. The van der Waals surface area contributed by atoms with E-state index < -0.39 is 4.92 Å². The van der Waals surface area contributed by atoms with Crippen molar-refractivity contribution >= 4 is 17.8 Å². The van der Waals surface area contributed by atoms with Crippen molar-refractivity contribution in [2.24, 2.45) is 5.10 Å². The number of carbonyl (C=O) groups is 1. The van der Waals surface area contributed by atoms with Crippen molar-refractivity contribution in [2.75, 3.05) is 40.0 Å². The van der Waals surface area contributed by atoms with Crippen LogP contribution in [0.3, 0.4) is 0 Å². The molecule has 10 nitrogen and oxygen atoms in total. The van der Waals surface area contributed by atoms with Gasteiger partial charge in [0.15, 0.2) is 0 Å².